The molecule has 184 valence electrons. The summed E-state index contributed by atoms with van der Waals surface area (Å²) in [7, 11) is 0. The van der Waals surface area contributed by atoms with E-state index in [2.05, 4.69) is 49.9 Å². The van der Waals surface area contributed by atoms with Gasteiger partial charge in [0, 0.05) is 12.0 Å². The van der Waals surface area contributed by atoms with Gasteiger partial charge in [0.15, 0.2) is 0 Å². The van der Waals surface area contributed by atoms with Gasteiger partial charge in [0.1, 0.15) is 6.54 Å². The number of hydrogen-bond donors (Lipinski definition) is 0. The molecule has 0 unspecified atom stereocenters. The summed E-state index contributed by atoms with van der Waals surface area (Å²) in [6.07, 6.45) is 15.5. The van der Waals surface area contributed by atoms with Crippen molar-refractivity contribution in [2.75, 3.05) is 32.7 Å². The number of amides is 1. The first-order chi connectivity index (χ1) is 15.1. The first-order valence-electron chi connectivity index (χ1n) is 13.3. The lowest BCUT2D eigenvalue weighted by atomic mass is 10.0. The Morgan fingerprint density at radius 2 is 1.44 bits per heavy atom. The maximum atomic E-state index is 12.7. The molecule has 1 aromatic carbocycles. The topological polar surface area (TPSA) is 20.3 Å². The fourth-order valence-electron chi connectivity index (χ4n) is 5.02. The number of aryl methyl sites for hydroxylation is 1. The molecule has 3 nitrogen and oxygen atoms in total. The number of carbonyl (C=O) groups is 1. The summed E-state index contributed by atoms with van der Waals surface area (Å²) in [6.45, 7) is 13.0. The van der Waals surface area contributed by atoms with Crippen molar-refractivity contribution in [3.63, 3.8) is 0 Å². The third-order valence-electron chi connectivity index (χ3n) is 7.31. The van der Waals surface area contributed by atoms with Crippen LogP contribution in [0.15, 0.2) is 24.3 Å². The molecule has 0 bridgehead atoms. The smallest absolute Gasteiger partial charge is 0.222 e. The van der Waals surface area contributed by atoms with Crippen molar-refractivity contribution in [2.24, 2.45) is 0 Å². The number of likely N-dealkylation sites (N-methyl/N-ethyl adjacent to an activating group) is 1. The predicted octanol–water partition coefficient (Wildman–Crippen LogP) is 3.88. The standard InChI is InChI=1S/C28H49N2O.BrH/c1-4-6-7-8-9-10-11-12-13-14-15-19-28(31)29-20-22-30(5-2,23-21-29)25-27-18-16-17-26(3)24-27;/h16-18,24H,4-15,19-23,25H2,1-3H3;1H/q+1;/p-1. The van der Waals surface area contributed by atoms with Gasteiger partial charge in [-0.15, -0.1) is 0 Å². The molecule has 1 saturated heterocycles. The van der Waals surface area contributed by atoms with Gasteiger partial charge in [0.05, 0.1) is 32.7 Å². The van der Waals surface area contributed by atoms with E-state index in [0.717, 1.165) is 56.6 Å². The van der Waals surface area contributed by atoms with Gasteiger partial charge in [-0.25, -0.2) is 0 Å². The maximum absolute atomic E-state index is 12.7. The number of halogens is 1. The summed E-state index contributed by atoms with van der Waals surface area (Å²) in [5.41, 5.74) is 2.77. The van der Waals surface area contributed by atoms with E-state index in [0.29, 0.717) is 5.91 Å². The number of quaternary nitrogens is 1. The number of benzene rings is 1. The summed E-state index contributed by atoms with van der Waals surface area (Å²) >= 11 is 0. The molecule has 1 aromatic rings. The quantitative estimate of drug-likeness (QED) is 0.260. The number of rotatable bonds is 15. The van der Waals surface area contributed by atoms with Crippen LogP contribution in [0.25, 0.3) is 0 Å². The maximum Gasteiger partial charge on any atom is 0.222 e. The van der Waals surface area contributed by atoms with E-state index in [9.17, 15) is 4.79 Å². The van der Waals surface area contributed by atoms with E-state index >= 15 is 0 Å². The van der Waals surface area contributed by atoms with Crippen LogP contribution in [-0.4, -0.2) is 48.0 Å². The zero-order valence-electron chi connectivity index (χ0n) is 21.2. The second kappa shape index (κ2) is 16.7. The molecule has 1 amide bonds. The van der Waals surface area contributed by atoms with Crippen LogP contribution in [0.4, 0.5) is 0 Å². The Morgan fingerprint density at radius 3 is 1.97 bits per heavy atom. The Labute approximate surface area is 209 Å². The minimum absolute atomic E-state index is 0. The van der Waals surface area contributed by atoms with E-state index in [1.165, 1.54) is 75.3 Å². The number of unbranched alkanes of at least 4 members (excludes halogenated alkanes) is 10. The van der Waals surface area contributed by atoms with Crippen LogP contribution in [-0.2, 0) is 11.3 Å². The highest BCUT2D eigenvalue weighted by Crippen LogP contribution is 2.20. The van der Waals surface area contributed by atoms with E-state index in [4.69, 9.17) is 0 Å². The van der Waals surface area contributed by atoms with Crippen molar-refractivity contribution >= 4 is 5.91 Å². The number of carbonyl (C=O) groups excluding carboxylic acids is 1. The van der Waals surface area contributed by atoms with Gasteiger partial charge >= 0.3 is 0 Å². The van der Waals surface area contributed by atoms with Crippen molar-refractivity contribution in [3.8, 4) is 0 Å². The summed E-state index contributed by atoms with van der Waals surface area (Å²) in [5, 5.41) is 0. The second-order valence-corrected chi connectivity index (χ2v) is 9.92. The molecule has 0 spiro atoms. The Morgan fingerprint density at radius 1 is 0.875 bits per heavy atom. The van der Waals surface area contributed by atoms with Crippen molar-refractivity contribution in [1.29, 1.82) is 0 Å². The molecule has 1 fully saturated rings. The van der Waals surface area contributed by atoms with Crippen LogP contribution >= 0.6 is 0 Å². The summed E-state index contributed by atoms with van der Waals surface area (Å²) in [6, 6.07) is 8.92. The molecule has 0 atom stereocenters. The van der Waals surface area contributed by atoms with Gasteiger partial charge in [-0.2, -0.15) is 0 Å². The SMILES string of the molecule is CCCCCCCCCCCCCC(=O)N1CC[N+](CC)(Cc2cccc(C)c2)CC1.[Br-]. The molecule has 1 aliphatic heterocycles. The molecule has 0 saturated carbocycles. The van der Waals surface area contributed by atoms with Gasteiger partial charge in [0.2, 0.25) is 5.91 Å². The van der Waals surface area contributed by atoms with Gasteiger partial charge in [-0.3, -0.25) is 4.79 Å². The Balaban J connectivity index is 0.00000512. The summed E-state index contributed by atoms with van der Waals surface area (Å²) < 4.78 is 1.12. The fraction of sp³-hybridized carbons (Fsp3) is 0.750. The van der Waals surface area contributed by atoms with Crippen LogP contribution in [0.5, 0.6) is 0 Å². The first-order valence-corrected chi connectivity index (χ1v) is 13.3. The molecule has 0 radical (unpaired) electrons. The van der Waals surface area contributed by atoms with Crippen LogP contribution in [0.1, 0.15) is 102 Å². The molecule has 4 heteroatoms. The minimum atomic E-state index is 0. The highest BCUT2D eigenvalue weighted by molar-refractivity contribution is 5.76. The lowest BCUT2D eigenvalue weighted by molar-refractivity contribution is -0.942. The minimum Gasteiger partial charge on any atom is -1.00 e. The Hall–Kier alpha value is -0.870. The van der Waals surface area contributed by atoms with Crippen LogP contribution in [0, 0.1) is 6.92 Å². The first kappa shape index (κ1) is 29.2. The van der Waals surface area contributed by atoms with Crippen molar-refractivity contribution in [1.82, 2.24) is 4.90 Å². The van der Waals surface area contributed by atoms with Gasteiger partial charge in [-0.1, -0.05) is 101 Å². The van der Waals surface area contributed by atoms with E-state index < -0.39 is 0 Å². The molecule has 1 aliphatic rings. The van der Waals surface area contributed by atoms with Crippen molar-refractivity contribution < 1.29 is 26.3 Å². The number of nitrogens with zero attached hydrogens (tertiary/aromatic N) is 2. The zero-order chi connectivity index (χ0) is 22.4. The second-order valence-electron chi connectivity index (χ2n) is 9.92. The third-order valence-corrected chi connectivity index (χ3v) is 7.31. The Kier molecular flexibility index (Phi) is 15.2. The van der Waals surface area contributed by atoms with Crippen LogP contribution in [0.2, 0.25) is 0 Å². The van der Waals surface area contributed by atoms with Crippen molar-refractivity contribution in [3.05, 3.63) is 35.4 Å². The molecular weight excluding hydrogens is 460 g/mol. The van der Waals surface area contributed by atoms with Crippen LogP contribution < -0.4 is 17.0 Å². The molecule has 0 aromatic heterocycles. The molecule has 1 heterocycles. The lowest BCUT2D eigenvalue weighted by Crippen LogP contribution is -3.00. The van der Waals surface area contributed by atoms with Crippen LogP contribution in [0.3, 0.4) is 0 Å². The molecule has 32 heavy (non-hydrogen) atoms. The summed E-state index contributed by atoms with van der Waals surface area (Å²) in [4.78, 5) is 14.8. The molecular formula is C28H49BrN2O. The van der Waals surface area contributed by atoms with Gasteiger partial charge in [0.25, 0.3) is 0 Å². The van der Waals surface area contributed by atoms with E-state index in [-0.39, 0.29) is 17.0 Å². The highest BCUT2D eigenvalue weighted by atomic mass is 79.9. The van der Waals surface area contributed by atoms with Crippen molar-refractivity contribution in [2.45, 2.75) is 104 Å². The van der Waals surface area contributed by atoms with E-state index in [1.54, 1.807) is 0 Å². The molecule has 2 rings (SSSR count). The number of hydrogen-bond acceptors (Lipinski definition) is 1. The fourth-order valence-corrected chi connectivity index (χ4v) is 5.02. The predicted molar refractivity (Wildman–Crippen MR) is 133 cm³/mol. The molecule has 0 aliphatic carbocycles. The molecule has 0 N–H and O–H groups in total. The largest absolute Gasteiger partial charge is 1.00 e. The van der Waals surface area contributed by atoms with Gasteiger partial charge < -0.3 is 26.4 Å². The van der Waals surface area contributed by atoms with E-state index in [1.807, 2.05) is 0 Å². The third kappa shape index (κ3) is 10.8. The summed E-state index contributed by atoms with van der Waals surface area (Å²) in [5.74, 6) is 0.389. The Bertz CT molecular complexity index is 626. The van der Waals surface area contributed by atoms with Gasteiger partial charge in [-0.05, 0) is 20.3 Å². The highest BCUT2D eigenvalue weighted by Gasteiger charge is 2.33. The zero-order valence-corrected chi connectivity index (χ0v) is 22.8. The average Bonchev–Trinajstić information content (AvgIpc) is 2.78. The lowest BCUT2D eigenvalue weighted by Gasteiger charge is -2.44. The average molecular weight is 510 g/mol. The monoisotopic (exact) mass is 508 g/mol. The number of piperazine rings is 1. The normalized spacial score (nSPS) is 15.4.